The summed E-state index contributed by atoms with van der Waals surface area (Å²) in [6.07, 6.45) is 0.178. The van der Waals surface area contributed by atoms with Crippen molar-refractivity contribution in [2.24, 2.45) is 7.05 Å². The van der Waals surface area contributed by atoms with Crippen LogP contribution in [0.15, 0.2) is 24.3 Å². The fourth-order valence-electron chi connectivity index (χ4n) is 1.96. The largest absolute Gasteiger partial charge is 0.395 e. The molecule has 19 heavy (non-hydrogen) atoms. The summed E-state index contributed by atoms with van der Waals surface area (Å²) in [5, 5.41) is 30.8. The van der Waals surface area contributed by atoms with Gasteiger partial charge in [0.25, 0.3) is 0 Å². The van der Waals surface area contributed by atoms with Crippen molar-refractivity contribution in [3.63, 3.8) is 0 Å². The fraction of sp³-hybridized carbons (Fsp3) is 0.417. The van der Waals surface area contributed by atoms with Crippen molar-refractivity contribution in [2.45, 2.75) is 11.8 Å². The number of aromatic nitrogens is 4. The lowest BCUT2D eigenvalue weighted by Crippen LogP contribution is -2.37. The van der Waals surface area contributed by atoms with Crippen molar-refractivity contribution in [1.82, 2.24) is 20.2 Å². The highest BCUT2D eigenvalue weighted by molar-refractivity contribution is 5.28. The van der Waals surface area contributed by atoms with Gasteiger partial charge < -0.3 is 10.2 Å². The van der Waals surface area contributed by atoms with Gasteiger partial charge in [-0.15, -0.1) is 10.2 Å². The number of rotatable bonds is 5. The Morgan fingerprint density at radius 2 is 2.05 bits per heavy atom. The molecule has 0 atom stereocenters. The van der Waals surface area contributed by atoms with E-state index in [0.717, 1.165) is 0 Å². The van der Waals surface area contributed by atoms with Gasteiger partial charge >= 0.3 is 0 Å². The zero-order valence-corrected chi connectivity index (χ0v) is 10.5. The van der Waals surface area contributed by atoms with Crippen molar-refractivity contribution in [1.29, 1.82) is 0 Å². The molecule has 2 rings (SSSR count). The lowest BCUT2D eigenvalue weighted by atomic mass is 9.78. The second-order valence-corrected chi connectivity index (χ2v) is 4.48. The van der Waals surface area contributed by atoms with Gasteiger partial charge in [-0.3, -0.25) is 0 Å². The van der Waals surface area contributed by atoms with Gasteiger partial charge in [-0.05, 0) is 22.9 Å². The minimum Gasteiger partial charge on any atom is -0.395 e. The van der Waals surface area contributed by atoms with E-state index < -0.39 is 11.2 Å². The second-order valence-electron chi connectivity index (χ2n) is 4.48. The molecule has 1 aromatic carbocycles. The van der Waals surface area contributed by atoms with Gasteiger partial charge in [-0.1, -0.05) is 12.1 Å². The Hall–Kier alpha value is -1.86. The van der Waals surface area contributed by atoms with Gasteiger partial charge in [0, 0.05) is 11.8 Å². The summed E-state index contributed by atoms with van der Waals surface area (Å²) in [7, 11) is 1.62. The maximum absolute atomic E-state index is 13.3. The van der Waals surface area contributed by atoms with Crippen molar-refractivity contribution in [3.8, 4) is 0 Å². The van der Waals surface area contributed by atoms with Crippen LogP contribution in [-0.2, 0) is 18.9 Å². The number of hydrogen-bond acceptors (Lipinski definition) is 5. The zero-order valence-electron chi connectivity index (χ0n) is 10.5. The van der Waals surface area contributed by atoms with Crippen molar-refractivity contribution in [2.75, 3.05) is 13.2 Å². The van der Waals surface area contributed by atoms with E-state index in [4.69, 9.17) is 0 Å². The molecule has 0 aliphatic carbocycles. The summed E-state index contributed by atoms with van der Waals surface area (Å²) in [6.45, 7) is -0.684. The smallest absolute Gasteiger partial charge is 0.175 e. The average molecular weight is 266 g/mol. The third kappa shape index (κ3) is 2.77. The first kappa shape index (κ1) is 13.6. The minimum atomic E-state index is -1.02. The lowest BCUT2D eigenvalue weighted by Gasteiger charge is -2.29. The minimum absolute atomic E-state index is 0.178. The monoisotopic (exact) mass is 266 g/mol. The van der Waals surface area contributed by atoms with E-state index in [2.05, 4.69) is 15.4 Å². The maximum atomic E-state index is 13.3. The van der Waals surface area contributed by atoms with E-state index in [1.165, 1.54) is 23.0 Å². The quantitative estimate of drug-likeness (QED) is 0.784. The van der Waals surface area contributed by atoms with Crippen molar-refractivity contribution >= 4 is 0 Å². The van der Waals surface area contributed by atoms with Crippen molar-refractivity contribution in [3.05, 3.63) is 41.5 Å². The molecule has 0 bridgehead atoms. The predicted octanol–water partition coefficient (Wildman–Crippen LogP) is -0.186. The third-order valence-corrected chi connectivity index (χ3v) is 3.09. The second kappa shape index (κ2) is 5.41. The topological polar surface area (TPSA) is 84.1 Å². The molecule has 0 radical (unpaired) electrons. The van der Waals surface area contributed by atoms with E-state index in [1.807, 2.05) is 0 Å². The van der Waals surface area contributed by atoms with Crippen LogP contribution in [0.5, 0.6) is 0 Å². The molecule has 2 N–H and O–H groups in total. The molecule has 7 heteroatoms. The van der Waals surface area contributed by atoms with Gasteiger partial charge in [0.2, 0.25) is 0 Å². The Kier molecular flexibility index (Phi) is 3.87. The highest BCUT2D eigenvalue weighted by Gasteiger charge is 2.33. The molecule has 102 valence electrons. The summed E-state index contributed by atoms with van der Waals surface area (Å²) in [5.74, 6) is -0.0364. The van der Waals surface area contributed by atoms with Crippen LogP contribution in [0.1, 0.15) is 11.4 Å². The first-order valence-electron chi connectivity index (χ1n) is 5.80. The maximum Gasteiger partial charge on any atom is 0.175 e. The highest BCUT2D eigenvalue weighted by Crippen LogP contribution is 2.27. The van der Waals surface area contributed by atoms with E-state index >= 15 is 0 Å². The normalized spacial score (nSPS) is 11.8. The Morgan fingerprint density at radius 3 is 2.58 bits per heavy atom. The van der Waals surface area contributed by atoms with Gasteiger partial charge in [-0.25, -0.2) is 4.39 Å². The van der Waals surface area contributed by atoms with Crippen LogP contribution in [0.25, 0.3) is 0 Å². The summed E-state index contributed by atoms with van der Waals surface area (Å²) in [6, 6.07) is 5.80. The van der Waals surface area contributed by atoms with Gasteiger partial charge in [0.05, 0.1) is 20.3 Å². The Morgan fingerprint density at radius 1 is 1.32 bits per heavy atom. The number of tetrazole rings is 1. The number of aliphatic hydroxyl groups excluding tert-OH is 2. The van der Waals surface area contributed by atoms with E-state index in [9.17, 15) is 14.6 Å². The van der Waals surface area contributed by atoms with Gasteiger partial charge in [0.15, 0.2) is 5.82 Å². The summed E-state index contributed by atoms with van der Waals surface area (Å²) >= 11 is 0. The number of hydrogen-bond donors (Lipinski definition) is 2. The molecule has 0 fully saturated rings. The SMILES string of the molecule is Cn1nnc(CC(CO)(CO)c2cccc(F)c2)n1. The molecule has 0 saturated carbocycles. The molecule has 0 spiro atoms. The van der Waals surface area contributed by atoms with E-state index in [0.29, 0.717) is 11.4 Å². The molecule has 2 aromatic rings. The fourth-order valence-corrected chi connectivity index (χ4v) is 1.96. The standard InChI is InChI=1S/C12H15FN4O2/c1-17-15-11(14-16-17)6-12(7-18,8-19)9-3-2-4-10(13)5-9/h2-5,18-19H,6-8H2,1H3. The van der Waals surface area contributed by atoms with Crippen LogP contribution in [0.3, 0.4) is 0 Å². The molecule has 1 aromatic heterocycles. The molecule has 6 nitrogen and oxygen atoms in total. The Labute approximate surface area is 109 Å². The number of aryl methyl sites for hydroxylation is 1. The van der Waals surface area contributed by atoms with Crippen LogP contribution >= 0.6 is 0 Å². The van der Waals surface area contributed by atoms with Crippen LogP contribution in [0.4, 0.5) is 4.39 Å². The zero-order chi connectivity index (χ0) is 13.9. The predicted molar refractivity (Wildman–Crippen MR) is 64.8 cm³/mol. The number of benzene rings is 1. The molecule has 0 unspecified atom stereocenters. The van der Waals surface area contributed by atoms with Crippen LogP contribution in [0, 0.1) is 5.82 Å². The number of halogens is 1. The molecular weight excluding hydrogens is 251 g/mol. The van der Waals surface area contributed by atoms with Crippen LogP contribution in [0.2, 0.25) is 0 Å². The highest BCUT2D eigenvalue weighted by atomic mass is 19.1. The molecule has 1 heterocycles. The lowest BCUT2D eigenvalue weighted by molar-refractivity contribution is 0.114. The summed E-state index contributed by atoms with van der Waals surface area (Å²) < 4.78 is 13.3. The van der Waals surface area contributed by atoms with E-state index in [1.54, 1.807) is 13.1 Å². The number of aliphatic hydroxyl groups is 2. The van der Waals surface area contributed by atoms with Gasteiger partial charge in [-0.2, -0.15) is 4.80 Å². The van der Waals surface area contributed by atoms with Crippen molar-refractivity contribution < 1.29 is 14.6 Å². The molecular formula is C12H15FN4O2. The molecule has 0 saturated heterocycles. The molecule has 0 amide bonds. The third-order valence-electron chi connectivity index (χ3n) is 3.09. The first-order chi connectivity index (χ1) is 9.09. The first-order valence-corrected chi connectivity index (χ1v) is 5.80. The Bertz CT molecular complexity index is 554. The average Bonchev–Trinajstić information content (AvgIpc) is 2.81. The Balaban J connectivity index is 2.37. The summed E-state index contributed by atoms with van der Waals surface area (Å²) in [4.78, 5) is 1.29. The van der Waals surface area contributed by atoms with Crippen LogP contribution < -0.4 is 0 Å². The van der Waals surface area contributed by atoms with E-state index in [-0.39, 0.29) is 19.6 Å². The number of nitrogens with zero attached hydrogens (tertiary/aromatic N) is 4. The summed E-state index contributed by atoms with van der Waals surface area (Å²) in [5.41, 5.74) is -0.518. The van der Waals surface area contributed by atoms with Gasteiger partial charge in [0.1, 0.15) is 5.82 Å². The molecule has 0 aliphatic heterocycles. The van der Waals surface area contributed by atoms with Crippen LogP contribution in [-0.4, -0.2) is 43.6 Å². The molecule has 0 aliphatic rings.